The van der Waals surface area contributed by atoms with Crippen LogP contribution < -0.4 is 5.32 Å². The Balaban J connectivity index is 1.61. The first-order chi connectivity index (χ1) is 8.24. The molecule has 0 radical (unpaired) electrons. The number of ether oxygens (including phenoxy) is 1. The fraction of sp³-hybridized carbons (Fsp3) is 1.00. The zero-order valence-corrected chi connectivity index (χ0v) is 12.2. The van der Waals surface area contributed by atoms with E-state index in [0.29, 0.717) is 11.7 Å². The third-order valence-electron chi connectivity index (χ3n) is 4.17. The van der Waals surface area contributed by atoms with E-state index in [1.165, 1.54) is 44.3 Å². The fourth-order valence-electron chi connectivity index (χ4n) is 3.26. The minimum atomic E-state index is 0.303. The van der Waals surface area contributed by atoms with E-state index in [1.807, 2.05) is 11.8 Å². The molecule has 1 N–H and O–H groups in total. The van der Waals surface area contributed by atoms with E-state index in [0.717, 1.165) is 19.0 Å². The van der Waals surface area contributed by atoms with Crippen molar-refractivity contribution in [2.75, 3.05) is 25.1 Å². The van der Waals surface area contributed by atoms with E-state index in [-0.39, 0.29) is 0 Å². The van der Waals surface area contributed by atoms with Crippen molar-refractivity contribution in [3.05, 3.63) is 0 Å². The van der Waals surface area contributed by atoms with Crippen LogP contribution in [0.5, 0.6) is 0 Å². The van der Waals surface area contributed by atoms with Crippen LogP contribution in [0.2, 0.25) is 0 Å². The molecule has 1 aliphatic heterocycles. The summed E-state index contributed by atoms with van der Waals surface area (Å²) in [6.45, 7) is 4.51. The first-order valence-corrected chi connectivity index (χ1v) is 8.51. The Labute approximate surface area is 110 Å². The van der Waals surface area contributed by atoms with Gasteiger partial charge < -0.3 is 10.1 Å². The highest BCUT2D eigenvalue weighted by Gasteiger charge is 2.41. The molecule has 2 aliphatic rings. The molecular weight excluding hydrogens is 230 g/mol. The Morgan fingerprint density at radius 2 is 2.12 bits per heavy atom. The lowest BCUT2D eigenvalue weighted by Crippen LogP contribution is -2.33. The Morgan fingerprint density at radius 1 is 1.35 bits per heavy atom. The molecule has 17 heavy (non-hydrogen) atoms. The van der Waals surface area contributed by atoms with E-state index in [2.05, 4.69) is 18.5 Å². The van der Waals surface area contributed by atoms with Crippen LogP contribution in [0.3, 0.4) is 0 Å². The van der Waals surface area contributed by atoms with Crippen LogP contribution in [0.4, 0.5) is 0 Å². The van der Waals surface area contributed by atoms with Gasteiger partial charge in [0.2, 0.25) is 0 Å². The summed E-state index contributed by atoms with van der Waals surface area (Å²) in [7, 11) is 0. The molecule has 0 bridgehead atoms. The van der Waals surface area contributed by atoms with Crippen molar-refractivity contribution in [2.45, 2.75) is 57.2 Å². The monoisotopic (exact) mass is 257 g/mol. The molecule has 1 spiro atoms. The van der Waals surface area contributed by atoms with Gasteiger partial charge in [-0.25, -0.2) is 0 Å². The molecule has 1 aliphatic carbocycles. The average molecular weight is 257 g/mol. The Morgan fingerprint density at radius 3 is 2.82 bits per heavy atom. The Bertz CT molecular complexity index is 228. The van der Waals surface area contributed by atoms with Gasteiger partial charge in [-0.15, -0.1) is 0 Å². The average Bonchev–Trinajstić information content (AvgIpc) is 2.91. The fourth-order valence-corrected chi connectivity index (χ4v) is 3.95. The van der Waals surface area contributed by atoms with E-state index >= 15 is 0 Å². The van der Waals surface area contributed by atoms with Crippen molar-refractivity contribution < 1.29 is 4.74 Å². The predicted octanol–water partition coefficient (Wildman–Crippen LogP) is 3.07. The van der Waals surface area contributed by atoms with Gasteiger partial charge in [0.15, 0.2) is 0 Å². The topological polar surface area (TPSA) is 21.3 Å². The van der Waals surface area contributed by atoms with E-state index in [1.54, 1.807) is 0 Å². The van der Waals surface area contributed by atoms with Crippen LogP contribution in [0, 0.1) is 5.92 Å². The first-order valence-electron chi connectivity index (χ1n) is 7.11. The maximum Gasteiger partial charge on any atom is 0.0708 e. The smallest absolute Gasteiger partial charge is 0.0708 e. The summed E-state index contributed by atoms with van der Waals surface area (Å²) >= 11 is 1.94. The largest absolute Gasteiger partial charge is 0.370 e. The van der Waals surface area contributed by atoms with Crippen LogP contribution in [-0.2, 0) is 4.74 Å². The molecule has 1 saturated heterocycles. The molecule has 1 heterocycles. The van der Waals surface area contributed by atoms with Crippen LogP contribution in [-0.4, -0.2) is 36.8 Å². The van der Waals surface area contributed by atoms with E-state index in [4.69, 9.17) is 4.74 Å². The summed E-state index contributed by atoms with van der Waals surface area (Å²) in [5.74, 6) is 2.02. The number of hydrogen-bond acceptors (Lipinski definition) is 3. The van der Waals surface area contributed by atoms with Crippen molar-refractivity contribution in [2.24, 2.45) is 5.92 Å². The minimum Gasteiger partial charge on any atom is -0.370 e. The zero-order chi connectivity index (χ0) is 12.1. The highest BCUT2D eigenvalue weighted by molar-refractivity contribution is 7.98. The molecule has 2 fully saturated rings. The van der Waals surface area contributed by atoms with Crippen molar-refractivity contribution in [3.63, 3.8) is 0 Å². The van der Waals surface area contributed by atoms with Gasteiger partial charge in [-0.1, -0.05) is 19.8 Å². The van der Waals surface area contributed by atoms with Crippen LogP contribution in [0.15, 0.2) is 0 Å². The van der Waals surface area contributed by atoms with Crippen LogP contribution in [0.25, 0.3) is 0 Å². The second-order valence-corrected chi connectivity index (χ2v) is 6.80. The lowest BCUT2D eigenvalue weighted by Gasteiger charge is -2.24. The molecule has 2 atom stereocenters. The van der Waals surface area contributed by atoms with E-state index in [9.17, 15) is 0 Å². The molecule has 0 aromatic rings. The summed E-state index contributed by atoms with van der Waals surface area (Å²) in [6, 6.07) is 0. The lowest BCUT2D eigenvalue weighted by atomic mass is 9.98. The van der Waals surface area contributed by atoms with Gasteiger partial charge in [-0.05, 0) is 50.2 Å². The Kier molecular flexibility index (Phi) is 5.19. The van der Waals surface area contributed by atoms with Crippen molar-refractivity contribution in [3.8, 4) is 0 Å². The lowest BCUT2D eigenvalue weighted by molar-refractivity contribution is -0.0351. The summed E-state index contributed by atoms with van der Waals surface area (Å²) in [4.78, 5) is 0. The van der Waals surface area contributed by atoms with Gasteiger partial charge in [0.1, 0.15) is 0 Å². The second-order valence-electron chi connectivity index (χ2n) is 5.89. The summed E-state index contributed by atoms with van der Waals surface area (Å²) in [6.07, 6.45) is 10.6. The van der Waals surface area contributed by atoms with Gasteiger partial charge in [0, 0.05) is 6.54 Å². The minimum absolute atomic E-state index is 0.303. The molecule has 2 unspecified atom stereocenters. The summed E-state index contributed by atoms with van der Waals surface area (Å²) < 4.78 is 6.28. The SMILES string of the molecule is CSCC(C)CNCC1CCC2(CCCC2)O1. The maximum atomic E-state index is 6.28. The number of thioether (sulfide) groups is 1. The summed E-state index contributed by atoms with van der Waals surface area (Å²) in [5, 5.41) is 3.58. The Hall–Kier alpha value is 0.270. The highest BCUT2D eigenvalue weighted by Crippen LogP contribution is 2.43. The molecule has 2 nitrogen and oxygen atoms in total. The molecule has 2 rings (SSSR count). The third-order valence-corrected chi connectivity index (χ3v) is 5.07. The van der Waals surface area contributed by atoms with E-state index < -0.39 is 0 Å². The molecule has 0 aromatic heterocycles. The molecule has 100 valence electrons. The van der Waals surface area contributed by atoms with Crippen molar-refractivity contribution in [1.29, 1.82) is 0 Å². The third kappa shape index (κ3) is 3.87. The molecule has 3 heteroatoms. The predicted molar refractivity (Wildman–Crippen MR) is 75.7 cm³/mol. The molecule has 0 aromatic carbocycles. The first kappa shape index (κ1) is 13.7. The van der Waals surface area contributed by atoms with Crippen molar-refractivity contribution in [1.82, 2.24) is 5.32 Å². The normalized spacial score (nSPS) is 28.9. The number of rotatable bonds is 6. The van der Waals surface area contributed by atoms with Gasteiger partial charge in [-0.2, -0.15) is 11.8 Å². The van der Waals surface area contributed by atoms with Gasteiger partial charge in [0.05, 0.1) is 11.7 Å². The highest BCUT2D eigenvalue weighted by atomic mass is 32.2. The number of nitrogens with one attached hydrogen (secondary N) is 1. The van der Waals surface area contributed by atoms with Crippen LogP contribution in [0.1, 0.15) is 45.4 Å². The van der Waals surface area contributed by atoms with Gasteiger partial charge in [0.25, 0.3) is 0 Å². The van der Waals surface area contributed by atoms with Crippen molar-refractivity contribution >= 4 is 11.8 Å². The van der Waals surface area contributed by atoms with Crippen LogP contribution >= 0.6 is 11.8 Å². The standard InChI is InChI=1S/C14H27NOS/c1-12(11-17-2)9-15-10-13-5-8-14(16-13)6-3-4-7-14/h12-13,15H,3-11H2,1-2H3. The quantitative estimate of drug-likeness (QED) is 0.790. The zero-order valence-electron chi connectivity index (χ0n) is 11.3. The number of hydrogen-bond donors (Lipinski definition) is 1. The molecular formula is C14H27NOS. The summed E-state index contributed by atoms with van der Waals surface area (Å²) in [5.41, 5.74) is 0.303. The van der Waals surface area contributed by atoms with Gasteiger partial charge in [-0.3, -0.25) is 0 Å². The molecule has 0 amide bonds. The second kappa shape index (κ2) is 6.44. The van der Waals surface area contributed by atoms with Gasteiger partial charge >= 0.3 is 0 Å². The maximum absolute atomic E-state index is 6.28. The molecule has 1 saturated carbocycles.